The van der Waals surface area contributed by atoms with E-state index in [2.05, 4.69) is 41.1 Å². The van der Waals surface area contributed by atoms with E-state index in [1.807, 2.05) is 36.4 Å². The van der Waals surface area contributed by atoms with E-state index in [0.29, 0.717) is 11.4 Å². The van der Waals surface area contributed by atoms with Crippen molar-refractivity contribution in [2.24, 2.45) is 0 Å². The Hall–Kier alpha value is -2.37. The maximum absolute atomic E-state index is 13.1. The quantitative estimate of drug-likeness (QED) is 0.705. The van der Waals surface area contributed by atoms with Crippen LogP contribution in [0.3, 0.4) is 0 Å². The fourth-order valence-corrected chi connectivity index (χ4v) is 4.94. The minimum absolute atomic E-state index is 0.432. The molecule has 1 fully saturated rings. The van der Waals surface area contributed by atoms with Gasteiger partial charge in [0, 0.05) is 42.4 Å². The first-order chi connectivity index (χ1) is 13.1. The molecule has 0 aromatic heterocycles. The van der Waals surface area contributed by atoms with Crippen LogP contribution in [0.15, 0.2) is 65.6 Å². The summed E-state index contributed by atoms with van der Waals surface area (Å²) in [5.74, 6) is 0.432. The SMILES string of the molecule is CN1CCN(c2ccc(N)c(CS(=O)c3cccc4ccccc34)c2)CC1. The minimum Gasteiger partial charge on any atom is -0.398 e. The zero-order chi connectivity index (χ0) is 18.8. The Morgan fingerprint density at radius 2 is 1.70 bits per heavy atom. The molecule has 0 saturated carbocycles. The van der Waals surface area contributed by atoms with Crippen LogP contribution in [0.4, 0.5) is 11.4 Å². The van der Waals surface area contributed by atoms with Crippen molar-refractivity contribution in [3.63, 3.8) is 0 Å². The number of benzene rings is 3. The Morgan fingerprint density at radius 3 is 2.52 bits per heavy atom. The summed E-state index contributed by atoms with van der Waals surface area (Å²) < 4.78 is 13.1. The highest BCUT2D eigenvalue weighted by atomic mass is 32.2. The van der Waals surface area contributed by atoms with E-state index in [-0.39, 0.29) is 0 Å². The van der Waals surface area contributed by atoms with Gasteiger partial charge >= 0.3 is 0 Å². The van der Waals surface area contributed by atoms with Gasteiger partial charge in [-0.15, -0.1) is 0 Å². The number of nitrogens with zero attached hydrogens (tertiary/aromatic N) is 2. The average molecular weight is 380 g/mol. The average Bonchev–Trinajstić information content (AvgIpc) is 2.70. The molecule has 1 atom stereocenters. The van der Waals surface area contributed by atoms with E-state index < -0.39 is 10.8 Å². The lowest BCUT2D eigenvalue weighted by Gasteiger charge is -2.34. The van der Waals surface area contributed by atoms with Crippen molar-refractivity contribution in [3.05, 3.63) is 66.2 Å². The maximum atomic E-state index is 13.1. The van der Waals surface area contributed by atoms with Gasteiger partial charge in [-0.05, 0) is 47.6 Å². The van der Waals surface area contributed by atoms with Gasteiger partial charge in [-0.3, -0.25) is 4.21 Å². The van der Waals surface area contributed by atoms with Crippen molar-refractivity contribution in [1.29, 1.82) is 0 Å². The molecule has 4 rings (SSSR count). The molecular weight excluding hydrogens is 354 g/mol. The zero-order valence-corrected chi connectivity index (χ0v) is 16.4. The molecule has 0 aliphatic carbocycles. The van der Waals surface area contributed by atoms with Crippen LogP contribution in [0.2, 0.25) is 0 Å². The second-order valence-electron chi connectivity index (χ2n) is 7.14. The first-order valence-corrected chi connectivity index (χ1v) is 10.6. The number of hydrogen-bond donors (Lipinski definition) is 1. The summed E-state index contributed by atoms with van der Waals surface area (Å²) in [5.41, 5.74) is 9.05. The monoisotopic (exact) mass is 379 g/mol. The molecule has 2 N–H and O–H groups in total. The Balaban J connectivity index is 1.60. The van der Waals surface area contributed by atoms with Crippen molar-refractivity contribution >= 4 is 32.9 Å². The number of piperazine rings is 1. The van der Waals surface area contributed by atoms with Gasteiger partial charge in [-0.1, -0.05) is 36.4 Å². The molecule has 0 spiro atoms. The fraction of sp³-hybridized carbons (Fsp3) is 0.273. The van der Waals surface area contributed by atoms with Gasteiger partial charge < -0.3 is 15.5 Å². The fourth-order valence-electron chi connectivity index (χ4n) is 3.59. The van der Waals surface area contributed by atoms with E-state index in [0.717, 1.165) is 47.4 Å². The number of fused-ring (bicyclic) bond motifs is 1. The Bertz CT molecular complexity index is 975. The molecule has 1 heterocycles. The molecule has 3 aromatic carbocycles. The standard InChI is InChI=1S/C22H25N3OS/c1-24-11-13-25(14-12-24)19-9-10-21(23)18(15-19)16-27(26)22-8-4-6-17-5-2-3-7-20(17)22/h2-10,15H,11-14,16,23H2,1H3. The number of likely N-dealkylation sites (N-methyl/N-ethyl adjacent to an activating group) is 1. The smallest absolute Gasteiger partial charge is 0.0581 e. The Labute approximate surface area is 163 Å². The van der Waals surface area contributed by atoms with Crippen LogP contribution in [0, 0.1) is 0 Å². The summed E-state index contributed by atoms with van der Waals surface area (Å²) >= 11 is 0. The summed E-state index contributed by atoms with van der Waals surface area (Å²) in [4.78, 5) is 5.59. The van der Waals surface area contributed by atoms with Gasteiger partial charge in [0.2, 0.25) is 0 Å². The van der Waals surface area contributed by atoms with Gasteiger partial charge in [0.25, 0.3) is 0 Å². The first-order valence-electron chi connectivity index (χ1n) is 9.30. The maximum Gasteiger partial charge on any atom is 0.0581 e. The molecule has 4 nitrogen and oxygen atoms in total. The minimum atomic E-state index is -1.14. The van der Waals surface area contributed by atoms with Crippen molar-refractivity contribution in [3.8, 4) is 0 Å². The van der Waals surface area contributed by atoms with Crippen LogP contribution in [0.5, 0.6) is 0 Å². The third-order valence-electron chi connectivity index (χ3n) is 5.28. The van der Waals surface area contributed by atoms with Crippen LogP contribution >= 0.6 is 0 Å². The molecule has 0 amide bonds. The van der Waals surface area contributed by atoms with Gasteiger partial charge in [-0.25, -0.2) is 0 Å². The van der Waals surface area contributed by atoms with E-state index in [4.69, 9.17) is 5.73 Å². The van der Waals surface area contributed by atoms with Crippen molar-refractivity contribution < 1.29 is 4.21 Å². The summed E-state index contributed by atoms with van der Waals surface area (Å²) in [6.07, 6.45) is 0. The summed E-state index contributed by atoms with van der Waals surface area (Å²) in [5, 5.41) is 2.16. The van der Waals surface area contributed by atoms with Gasteiger partial charge in [0.1, 0.15) is 0 Å². The van der Waals surface area contributed by atoms with Crippen molar-refractivity contribution in [1.82, 2.24) is 4.90 Å². The normalized spacial score (nSPS) is 16.6. The van der Waals surface area contributed by atoms with Crippen LogP contribution in [-0.2, 0) is 16.6 Å². The Kier molecular flexibility index (Phi) is 5.14. The Morgan fingerprint density at radius 1 is 0.963 bits per heavy atom. The van der Waals surface area contributed by atoms with E-state index >= 15 is 0 Å². The van der Waals surface area contributed by atoms with Crippen LogP contribution < -0.4 is 10.6 Å². The van der Waals surface area contributed by atoms with Crippen LogP contribution in [-0.4, -0.2) is 42.3 Å². The highest BCUT2D eigenvalue weighted by Crippen LogP contribution is 2.27. The first kappa shape index (κ1) is 18.0. The highest BCUT2D eigenvalue weighted by molar-refractivity contribution is 7.84. The van der Waals surface area contributed by atoms with E-state index in [1.54, 1.807) is 0 Å². The highest BCUT2D eigenvalue weighted by Gasteiger charge is 2.16. The lowest BCUT2D eigenvalue weighted by atomic mass is 10.1. The largest absolute Gasteiger partial charge is 0.398 e. The number of anilines is 2. The van der Waals surface area contributed by atoms with Gasteiger partial charge in [0.05, 0.1) is 16.6 Å². The zero-order valence-electron chi connectivity index (χ0n) is 15.6. The molecule has 1 aliphatic heterocycles. The molecule has 3 aromatic rings. The molecule has 1 unspecified atom stereocenters. The lowest BCUT2D eigenvalue weighted by molar-refractivity contribution is 0.313. The number of rotatable bonds is 4. The summed E-state index contributed by atoms with van der Waals surface area (Å²) in [6, 6.07) is 20.2. The van der Waals surface area contributed by atoms with Crippen LogP contribution in [0.1, 0.15) is 5.56 Å². The molecule has 1 aliphatic rings. The summed E-state index contributed by atoms with van der Waals surface area (Å²) in [6.45, 7) is 4.13. The van der Waals surface area contributed by atoms with Gasteiger partial charge in [-0.2, -0.15) is 0 Å². The molecule has 0 bridgehead atoms. The molecule has 5 heteroatoms. The predicted molar refractivity (Wildman–Crippen MR) is 115 cm³/mol. The number of hydrogen-bond acceptors (Lipinski definition) is 4. The van der Waals surface area contributed by atoms with Crippen LogP contribution in [0.25, 0.3) is 10.8 Å². The molecule has 0 radical (unpaired) electrons. The molecule has 1 saturated heterocycles. The second-order valence-corrected chi connectivity index (χ2v) is 8.56. The van der Waals surface area contributed by atoms with Crippen molar-refractivity contribution in [2.45, 2.75) is 10.6 Å². The third-order valence-corrected chi connectivity index (χ3v) is 6.70. The molecule has 140 valence electrons. The van der Waals surface area contributed by atoms with Gasteiger partial charge in [0.15, 0.2) is 0 Å². The lowest BCUT2D eigenvalue weighted by Crippen LogP contribution is -2.44. The number of nitrogens with two attached hydrogens (primary N) is 1. The van der Waals surface area contributed by atoms with E-state index in [9.17, 15) is 4.21 Å². The predicted octanol–water partition coefficient (Wildman–Crippen LogP) is 3.48. The topological polar surface area (TPSA) is 49.6 Å². The third kappa shape index (κ3) is 3.84. The van der Waals surface area contributed by atoms with E-state index in [1.165, 1.54) is 5.69 Å². The molecular formula is C22H25N3OS. The van der Waals surface area contributed by atoms with Crippen molar-refractivity contribution in [2.75, 3.05) is 43.9 Å². The number of nitrogen functional groups attached to an aromatic ring is 1. The molecule has 27 heavy (non-hydrogen) atoms. The second kappa shape index (κ2) is 7.71. The summed E-state index contributed by atoms with van der Waals surface area (Å²) in [7, 11) is 1.01.